The first-order valence-corrected chi connectivity index (χ1v) is 23.7. The molecule has 67 heavy (non-hydrogen) atoms. The highest BCUT2D eigenvalue weighted by atomic mass is 19.1. The molecule has 0 aliphatic carbocycles. The van der Waals surface area contributed by atoms with Crippen LogP contribution in [0.3, 0.4) is 0 Å². The summed E-state index contributed by atoms with van der Waals surface area (Å²) < 4.78 is 19.1. The number of benzene rings is 8. The molecule has 334 valence electrons. The van der Waals surface area contributed by atoms with Crippen LogP contribution in [0.25, 0.3) is 98.8 Å². The van der Waals surface area contributed by atoms with Crippen LogP contribution in [0.4, 0.5) is 4.39 Å². The average molecular weight is 879 g/mol. The maximum absolute atomic E-state index is 14.3. The van der Waals surface area contributed by atoms with Crippen LogP contribution in [0.2, 0.25) is 0 Å². The predicted octanol–water partition coefficient (Wildman–Crippen LogP) is 17.1. The summed E-state index contributed by atoms with van der Waals surface area (Å²) >= 11 is 0. The molecule has 0 N–H and O–H groups in total. The highest BCUT2D eigenvalue weighted by Crippen LogP contribution is 2.43. The third kappa shape index (κ3) is 7.00. The Morgan fingerprint density at radius 3 is 1.07 bits per heavy atom. The molecule has 11 aromatic rings. The van der Waals surface area contributed by atoms with Gasteiger partial charge in [0.25, 0.3) is 0 Å². The van der Waals surface area contributed by atoms with Gasteiger partial charge in [0.1, 0.15) is 5.82 Å². The van der Waals surface area contributed by atoms with E-state index in [0.717, 1.165) is 60.5 Å². The Morgan fingerprint density at radius 2 is 0.716 bits per heavy atom. The molecule has 5 heteroatoms. The maximum atomic E-state index is 14.3. The van der Waals surface area contributed by atoms with Crippen molar-refractivity contribution in [2.24, 2.45) is 0 Å². The third-order valence-electron chi connectivity index (χ3n) is 14.2. The Balaban J connectivity index is 1.19. The smallest absolute Gasteiger partial charge is 0.123 e. The number of hydrogen-bond donors (Lipinski definition) is 0. The molecular weight excluding hydrogens is 820 g/mol. The van der Waals surface area contributed by atoms with Crippen molar-refractivity contribution in [3.63, 3.8) is 0 Å². The van der Waals surface area contributed by atoms with Crippen molar-refractivity contribution < 1.29 is 4.39 Å². The molecule has 0 bridgehead atoms. The molecule has 0 radical (unpaired) electrons. The number of nitrogens with zero attached hydrogens (tertiary/aromatic N) is 4. The molecule has 4 nitrogen and oxygen atoms in total. The maximum Gasteiger partial charge on any atom is 0.123 e. The van der Waals surface area contributed by atoms with E-state index in [0.29, 0.717) is 5.69 Å². The Hall–Kier alpha value is -6.85. The number of rotatable bonds is 3. The SMILES string of the molecule is CC(C)(C)c1ccc2c(c1)c1cc(C(C)(C)C)ccc1n2-c1ccc2c3ccc(-n4c5ccc(C(C)(C)C)cc5c5cc(C(C)(C)C)ccc54)cc3c3nc(-c4ccc(F)cc4)cnc3c2c1. The second-order valence-electron chi connectivity index (χ2n) is 23.0. The van der Waals surface area contributed by atoms with Crippen LogP contribution >= 0.6 is 0 Å². The minimum Gasteiger partial charge on any atom is -0.309 e. The van der Waals surface area contributed by atoms with Crippen molar-refractivity contribution in [3.8, 4) is 22.6 Å². The van der Waals surface area contributed by atoms with E-state index >= 15 is 0 Å². The lowest BCUT2D eigenvalue weighted by Gasteiger charge is -2.19. The molecule has 0 saturated heterocycles. The van der Waals surface area contributed by atoms with E-state index in [1.165, 1.54) is 67.0 Å². The molecule has 0 amide bonds. The second-order valence-corrected chi connectivity index (χ2v) is 23.0. The highest BCUT2D eigenvalue weighted by Gasteiger charge is 2.24. The van der Waals surface area contributed by atoms with Crippen LogP contribution in [0.15, 0.2) is 140 Å². The summed E-state index contributed by atoms with van der Waals surface area (Å²) in [5, 5.41) is 9.25. The summed E-state index contributed by atoms with van der Waals surface area (Å²) in [6, 6.07) is 48.2. The first kappa shape index (κ1) is 42.8. The predicted molar refractivity (Wildman–Crippen MR) is 283 cm³/mol. The van der Waals surface area contributed by atoms with Crippen molar-refractivity contribution in [3.05, 3.63) is 168 Å². The molecular formula is C62H59FN4. The third-order valence-corrected chi connectivity index (χ3v) is 14.2. The van der Waals surface area contributed by atoms with Gasteiger partial charge in [0.05, 0.1) is 45.0 Å². The highest BCUT2D eigenvalue weighted by molar-refractivity contribution is 6.24. The quantitative estimate of drug-likeness (QED) is 0.166. The lowest BCUT2D eigenvalue weighted by Crippen LogP contribution is -2.10. The van der Waals surface area contributed by atoms with Gasteiger partial charge in [0.15, 0.2) is 0 Å². The largest absolute Gasteiger partial charge is 0.309 e. The van der Waals surface area contributed by atoms with Crippen molar-refractivity contribution in [1.82, 2.24) is 19.1 Å². The molecule has 3 aromatic heterocycles. The summed E-state index contributed by atoms with van der Waals surface area (Å²) in [4.78, 5) is 10.7. The van der Waals surface area contributed by atoms with E-state index < -0.39 is 0 Å². The van der Waals surface area contributed by atoms with E-state index in [-0.39, 0.29) is 27.5 Å². The standard InChI is InChI=1S/C62H59FN4/c1-59(2,3)37-15-25-53-46(29-37)47-30-38(60(4,5)6)16-26-54(47)66(53)42-21-23-44-45-24-22-43(34-51(45)58-57(50(44)33-42)64-35-52(65-58)36-13-19-41(63)20-14-36)67-55-27-17-39(61(7,8)9)31-48(55)49-32-40(62(10,11)12)18-28-56(49)67/h13-35H,1-12H3. The van der Waals surface area contributed by atoms with Gasteiger partial charge in [-0.3, -0.25) is 4.98 Å². The number of halogens is 1. The average Bonchev–Trinajstić information content (AvgIpc) is 3.79. The minimum absolute atomic E-state index is 0.00105. The van der Waals surface area contributed by atoms with E-state index in [4.69, 9.17) is 9.97 Å². The fraction of sp³-hybridized carbons (Fsp3) is 0.258. The van der Waals surface area contributed by atoms with Crippen molar-refractivity contribution in [1.29, 1.82) is 0 Å². The van der Waals surface area contributed by atoms with Crippen molar-refractivity contribution >= 4 is 76.2 Å². The van der Waals surface area contributed by atoms with Gasteiger partial charge in [0, 0.05) is 49.3 Å². The van der Waals surface area contributed by atoms with E-state index in [2.05, 4.69) is 201 Å². The number of hydrogen-bond acceptors (Lipinski definition) is 2. The van der Waals surface area contributed by atoms with E-state index in [1.54, 1.807) is 12.1 Å². The van der Waals surface area contributed by atoms with Gasteiger partial charge in [-0.2, -0.15) is 0 Å². The van der Waals surface area contributed by atoms with E-state index in [1.807, 2.05) is 6.20 Å². The van der Waals surface area contributed by atoms with Gasteiger partial charge in [-0.25, -0.2) is 9.37 Å². The Kier molecular flexibility index (Phi) is 9.30. The lowest BCUT2D eigenvalue weighted by molar-refractivity contribution is 0.590. The molecule has 8 aromatic carbocycles. The zero-order valence-corrected chi connectivity index (χ0v) is 40.9. The Labute approximate surface area is 393 Å². The zero-order valence-electron chi connectivity index (χ0n) is 40.9. The summed E-state index contributed by atoms with van der Waals surface area (Å²) in [5.41, 5.74) is 15.2. The molecule has 0 aliphatic heterocycles. The van der Waals surface area contributed by atoms with Crippen LogP contribution in [-0.2, 0) is 21.7 Å². The molecule has 3 heterocycles. The van der Waals surface area contributed by atoms with Gasteiger partial charge >= 0.3 is 0 Å². The first-order chi connectivity index (χ1) is 31.6. The van der Waals surface area contributed by atoms with Crippen LogP contribution in [0.5, 0.6) is 0 Å². The monoisotopic (exact) mass is 878 g/mol. The fourth-order valence-electron chi connectivity index (χ4n) is 10.2. The van der Waals surface area contributed by atoms with Crippen molar-refractivity contribution in [2.45, 2.75) is 105 Å². The molecule has 0 unspecified atom stereocenters. The van der Waals surface area contributed by atoms with Gasteiger partial charge in [-0.15, -0.1) is 0 Å². The molecule has 0 aliphatic rings. The molecule has 0 fully saturated rings. The van der Waals surface area contributed by atoms with Gasteiger partial charge < -0.3 is 9.13 Å². The van der Waals surface area contributed by atoms with E-state index in [9.17, 15) is 4.39 Å². The molecule has 11 rings (SSSR count). The molecule has 0 saturated carbocycles. The summed E-state index contributed by atoms with van der Waals surface area (Å²) in [5.74, 6) is -0.282. The fourth-order valence-corrected chi connectivity index (χ4v) is 10.2. The second kappa shape index (κ2) is 14.6. The van der Waals surface area contributed by atoms with Crippen LogP contribution in [0.1, 0.15) is 105 Å². The van der Waals surface area contributed by atoms with Crippen LogP contribution in [0, 0.1) is 5.82 Å². The Bertz CT molecular complexity index is 3690. The number of aromatic nitrogens is 4. The summed E-state index contributed by atoms with van der Waals surface area (Å²) in [6.45, 7) is 27.4. The minimum atomic E-state index is -0.282. The molecule has 0 spiro atoms. The van der Waals surface area contributed by atoms with Crippen molar-refractivity contribution in [2.75, 3.05) is 0 Å². The van der Waals surface area contributed by atoms with Crippen LogP contribution < -0.4 is 0 Å². The summed E-state index contributed by atoms with van der Waals surface area (Å²) in [6.07, 6.45) is 1.84. The van der Waals surface area contributed by atoms with Gasteiger partial charge in [0.2, 0.25) is 0 Å². The van der Waals surface area contributed by atoms with Gasteiger partial charge in [-0.1, -0.05) is 119 Å². The number of fused-ring (bicyclic) bond motifs is 12. The molecule has 0 atom stereocenters. The topological polar surface area (TPSA) is 35.6 Å². The van der Waals surface area contributed by atoms with Crippen LogP contribution in [-0.4, -0.2) is 19.1 Å². The zero-order chi connectivity index (χ0) is 47.1. The summed E-state index contributed by atoms with van der Waals surface area (Å²) in [7, 11) is 0. The lowest BCUT2D eigenvalue weighted by atomic mass is 9.85. The Morgan fingerprint density at radius 1 is 0.358 bits per heavy atom. The first-order valence-electron chi connectivity index (χ1n) is 23.7. The normalized spacial score (nSPS) is 13.1. The van der Waals surface area contributed by atoms with Gasteiger partial charge in [-0.05, 0) is 152 Å².